The van der Waals surface area contributed by atoms with E-state index in [9.17, 15) is 22.0 Å². The van der Waals surface area contributed by atoms with Crippen LogP contribution in [0.2, 0.25) is 0 Å². The van der Waals surface area contributed by atoms with Crippen LogP contribution < -0.4 is 0 Å². The van der Waals surface area contributed by atoms with Crippen LogP contribution in [0.15, 0.2) is 23.1 Å². The van der Waals surface area contributed by atoms with Gasteiger partial charge in [0, 0.05) is 13.1 Å². The van der Waals surface area contributed by atoms with Crippen LogP contribution in [0, 0.1) is 17.6 Å². The summed E-state index contributed by atoms with van der Waals surface area (Å²) in [5.74, 6) is -3.84. The van der Waals surface area contributed by atoms with E-state index in [0.717, 1.165) is 16.4 Å². The molecule has 1 fully saturated rings. The zero-order valence-corrected chi connectivity index (χ0v) is 10.5. The molecule has 5 nitrogen and oxygen atoms in total. The molecule has 1 N–H and O–H groups in total. The van der Waals surface area contributed by atoms with Gasteiger partial charge in [0.15, 0.2) is 0 Å². The monoisotopic (exact) mass is 291 g/mol. The van der Waals surface area contributed by atoms with Crippen LogP contribution in [0.1, 0.15) is 6.42 Å². The highest BCUT2D eigenvalue weighted by Gasteiger charge is 2.37. The zero-order valence-electron chi connectivity index (χ0n) is 9.71. The van der Waals surface area contributed by atoms with Crippen LogP contribution >= 0.6 is 0 Å². The third kappa shape index (κ3) is 2.59. The van der Waals surface area contributed by atoms with Gasteiger partial charge in [0.25, 0.3) is 0 Å². The van der Waals surface area contributed by atoms with Crippen molar-refractivity contribution in [3.05, 3.63) is 29.8 Å². The molecule has 0 saturated carbocycles. The first-order valence-corrected chi connectivity index (χ1v) is 6.94. The van der Waals surface area contributed by atoms with Crippen LogP contribution in [0.5, 0.6) is 0 Å². The van der Waals surface area contributed by atoms with Crippen LogP contribution in [0.25, 0.3) is 0 Å². The topological polar surface area (TPSA) is 74.7 Å². The van der Waals surface area contributed by atoms with Gasteiger partial charge in [-0.3, -0.25) is 4.79 Å². The van der Waals surface area contributed by atoms with E-state index in [-0.39, 0.29) is 19.5 Å². The third-order valence-electron chi connectivity index (χ3n) is 3.01. The van der Waals surface area contributed by atoms with Crippen molar-refractivity contribution in [1.82, 2.24) is 4.31 Å². The summed E-state index contributed by atoms with van der Waals surface area (Å²) in [6.07, 6.45) is 0.158. The van der Waals surface area contributed by atoms with E-state index in [1.165, 1.54) is 0 Å². The molecule has 2 rings (SSSR count). The molecule has 1 atom stereocenters. The van der Waals surface area contributed by atoms with Crippen LogP contribution in [-0.4, -0.2) is 36.9 Å². The quantitative estimate of drug-likeness (QED) is 0.903. The summed E-state index contributed by atoms with van der Waals surface area (Å²) in [5, 5.41) is 8.81. The molecule has 19 heavy (non-hydrogen) atoms. The van der Waals surface area contributed by atoms with Gasteiger partial charge in [0.05, 0.1) is 5.92 Å². The summed E-state index contributed by atoms with van der Waals surface area (Å²) in [5.41, 5.74) is 0. The lowest BCUT2D eigenvalue weighted by atomic mass is 10.1. The number of carboxylic acids is 1. The van der Waals surface area contributed by atoms with Crippen LogP contribution in [-0.2, 0) is 14.8 Å². The molecule has 1 aliphatic rings. The first kappa shape index (κ1) is 13.9. The van der Waals surface area contributed by atoms with Crippen molar-refractivity contribution in [2.24, 2.45) is 5.92 Å². The van der Waals surface area contributed by atoms with Gasteiger partial charge in [0.1, 0.15) is 16.5 Å². The number of hydrogen-bond acceptors (Lipinski definition) is 3. The normalized spacial score (nSPS) is 20.6. The van der Waals surface area contributed by atoms with Gasteiger partial charge >= 0.3 is 5.97 Å². The second kappa shape index (κ2) is 4.86. The summed E-state index contributed by atoms with van der Waals surface area (Å²) < 4.78 is 51.6. The van der Waals surface area contributed by atoms with E-state index in [1.807, 2.05) is 0 Å². The Morgan fingerprint density at radius 3 is 2.63 bits per heavy atom. The molecular weight excluding hydrogens is 280 g/mol. The van der Waals surface area contributed by atoms with E-state index in [4.69, 9.17) is 5.11 Å². The second-order valence-corrected chi connectivity index (χ2v) is 6.17. The number of benzene rings is 1. The minimum absolute atomic E-state index is 0.0186. The Labute approximate surface area is 108 Å². The van der Waals surface area contributed by atoms with Crippen molar-refractivity contribution >= 4 is 16.0 Å². The summed E-state index contributed by atoms with van der Waals surface area (Å²) >= 11 is 0. The third-order valence-corrected chi connectivity index (χ3v) is 4.89. The molecule has 1 aliphatic heterocycles. The number of halogens is 2. The molecule has 0 unspecified atom stereocenters. The van der Waals surface area contributed by atoms with Gasteiger partial charge in [0.2, 0.25) is 10.0 Å². The molecule has 0 bridgehead atoms. The molecule has 1 saturated heterocycles. The number of carbonyl (C=O) groups is 1. The van der Waals surface area contributed by atoms with E-state index in [1.54, 1.807) is 0 Å². The van der Waals surface area contributed by atoms with Crippen LogP contribution in [0.3, 0.4) is 0 Å². The Kier molecular flexibility index (Phi) is 3.55. The number of aliphatic carboxylic acids is 1. The highest BCUT2D eigenvalue weighted by molar-refractivity contribution is 7.89. The minimum Gasteiger partial charge on any atom is -0.481 e. The van der Waals surface area contributed by atoms with Crippen LogP contribution in [0.4, 0.5) is 8.78 Å². The van der Waals surface area contributed by atoms with Gasteiger partial charge in [-0.1, -0.05) is 0 Å². The molecule has 1 heterocycles. The first-order valence-electron chi connectivity index (χ1n) is 5.50. The fraction of sp³-hybridized carbons (Fsp3) is 0.364. The Balaban J connectivity index is 2.33. The van der Waals surface area contributed by atoms with E-state index in [0.29, 0.717) is 6.07 Å². The lowest BCUT2D eigenvalue weighted by Crippen LogP contribution is -2.30. The lowest BCUT2D eigenvalue weighted by molar-refractivity contribution is -0.141. The Bertz CT molecular complexity index is 617. The average molecular weight is 291 g/mol. The molecule has 0 radical (unpaired) electrons. The molecule has 104 valence electrons. The SMILES string of the molecule is O=C(O)[C@H]1CCN(S(=O)(=O)c2cc(F)ccc2F)C1. The maximum atomic E-state index is 13.5. The van der Waals surface area contributed by atoms with E-state index in [2.05, 4.69) is 0 Å². The molecule has 0 aliphatic carbocycles. The van der Waals surface area contributed by atoms with Crippen molar-refractivity contribution in [3.8, 4) is 0 Å². The van der Waals surface area contributed by atoms with Gasteiger partial charge in [-0.25, -0.2) is 17.2 Å². The van der Waals surface area contributed by atoms with Crippen molar-refractivity contribution in [3.63, 3.8) is 0 Å². The summed E-state index contributed by atoms with van der Waals surface area (Å²) in [6, 6.07) is 2.14. The number of nitrogens with zero attached hydrogens (tertiary/aromatic N) is 1. The Morgan fingerprint density at radius 2 is 2.05 bits per heavy atom. The molecule has 1 aromatic rings. The largest absolute Gasteiger partial charge is 0.481 e. The predicted molar refractivity (Wildman–Crippen MR) is 60.9 cm³/mol. The molecule has 0 amide bonds. The fourth-order valence-electron chi connectivity index (χ4n) is 1.96. The summed E-state index contributed by atoms with van der Waals surface area (Å²) in [4.78, 5) is 10.0. The van der Waals surface area contributed by atoms with Gasteiger partial charge in [-0.05, 0) is 24.6 Å². The van der Waals surface area contributed by atoms with Crippen molar-refractivity contribution in [1.29, 1.82) is 0 Å². The van der Waals surface area contributed by atoms with Crippen molar-refractivity contribution in [2.75, 3.05) is 13.1 Å². The van der Waals surface area contributed by atoms with Crippen molar-refractivity contribution in [2.45, 2.75) is 11.3 Å². The smallest absolute Gasteiger partial charge is 0.307 e. The molecule has 0 spiro atoms. The number of hydrogen-bond donors (Lipinski definition) is 1. The second-order valence-electron chi connectivity index (χ2n) is 4.26. The minimum atomic E-state index is -4.20. The summed E-state index contributed by atoms with van der Waals surface area (Å²) in [6.45, 7) is -0.247. The van der Waals surface area contributed by atoms with Gasteiger partial charge < -0.3 is 5.11 Å². The number of sulfonamides is 1. The number of rotatable bonds is 3. The predicted octanol–water partition coefficient (Wildman–Crippen LogP) is 1.06. The maximum Gasteiger partial charge on any atom is 0.307 e. The lowest BCUT2D eigenvalue weighted by Gasteiger charge is -2.16. The molecular formula is C11H11F2NO4S. The van der Waals surface area contributed by atoms with E-state index >= 15 is 0 Å². The Morgan fingerprint density at radius 1 is 1.37 bits per heavy atom. The first-order chi connectivity index (χ1) is 8.82. The zero-order chi connectivity index (χ0) is 14.2. The van der Waals surface area contributed by atoms with E-state index < -0.39 is 38.4 Å². The Hall–Kier alpha value is -1.54. The highest BCUT2D eigenvalue weighted by Crippen LogP contribution is 2.26. The molecule has 1 aromatic carbocycles. The standard InChI is InChI=1S/C11H11F2NO4S/c12-8-1-2-9(13)10(5-8)19(17,18)14-4-3-7(6-14)11(15)16/h1-2,5,7H,3-4,6H2,(H,15,16)/t7-/m0/s1. The highest BCUT2D eigenvalue weighted by atomic mass is 32.2. The molecule has 0 aromatic heterocycles. The molecule has 8 heteroatoms. The fourth-order valence-corrected chi connectivity index (χ4v) is 3.54. The summed E-state index contributed by atoms with van der Waals surface area (Å²) in [7, 11) is -4.20. The number of carboxylic acid groups (broad SMARTS) is 1. The van der Waals surface area contributed by atoms with Crippen molar-refractivity contribution < 1.29 is 27.1 Å². The average Bonchev–Trinajstić information content (AvgIpc) is 2.82. The maximum absolute atomic E-state index is 13.5. The van der Waals surface area contributed by atoms with Gasteiger partial charge in [-0.2, -0.15) is 4.31 Å². The van der Waals surface area contributed by atoms with Gasteiger partial charge in [-0.15, -0.1) is 0 Å².